The van der Waals surface area contributed by atoms with Crippen molar-refractivity contribution in [2.45, 2.75) is 71.5 Å². The number of ketones is 1. The van der Waals surface area contributed by atoms with Crippen LogP contribution in [-0.2, 0) is 27.9 Å². The minimum atomic E-state index is -5.09. The lowest BCUT2D eigenvalue weighted by Gasteiger charge is -2.35. The van der Waals surface area contributed by atoms with Gasteiger partial charge in [-0.15, -0.1) is 0 Å². The minimum Gasteiger partial charge on any atom is -0.444 e. The molecule has 1 heterocycles. The number of ether oxygens (including phenoxy) is 2. The zero-order valence-corrected chi connectivity index (χ0v) is 17.6. The normalized spacial score (nSPS) is 20.6. The molecule has 0 saturated carbocycles. The van der Waals surface area contributed by atoms with Gasteiger partial charge in [0.15, 0.2) is 0 Å². The van der Waals surface area contributed by atoms with Crippen LogP contribution in [0.3, 0.4) is 0 Å². The average molecular weight is 415 g/mol. The Kier molecular flexibility index (Phi) is 7.19. The first-order valence-electron chi connectivity index (χ1n) is 8.60. The molecule has 8 nitrogen and oxygen atoms in total. The standard InChI is InChI=1S/C16H28F2NO7P/c1-8-24-27(22,25-9-2)16(17,18)12(20)11-10-23-15(6,7)19(11)13(21)26-14(3,4)5/h11H,8-10H2,1-7H3. The highest BCUT2D eigenvalue weighted by Gasteiger charge is 2.64. The van der Waals surface area contributed by atoms with E-state index >= 15 is 0 Å². The maximum atomic E-state index is 14.8. The Hall–Kier alpha value is -1.09. The van der Waals surface area contributed by atoms with Crippen LogP contribution in [0.5, 0.6) is 0 Å². The van der Waals surface area contributed by atoms with E-state index in [1.807, 2.05) is 0 Å². The molecule has 1 aliphatic heterocycles. The highest BCUT2D eigenvalue weighted by molar-refractivity contribution is 7.56. The molecule has 1 unspecified atom stereocenters. The molecule has 158 valence electrons. The largest absolute Gasteiger partial charge is 0.444 e. The Morgan fingerprint density at radius 2 is 1.67 bits per heavy atom. The van der Waals surface area contributed by atoms with Gasteiger partial charge < -0.3 is 18.5 Å². The highest BCUT2D eigenvalue weighted by atomic mass is 31.2. The van der Waals surface area contributed by atoms with Gasteiger partial charge in [0.25, 0.3) is 0 Å². The van der Waals surface area contributed by atoms with Gasteiger partial charge in [0.2, 0.25) is 5.78 Å². The summed E-state index contributed by atoms with van der Waals surface area (Å²) in [6.07, 6.45) is -0.998. The van der Waals surface area contributed by atoms with E-state index in [9.17, 15) is 22.9 Å². The van der Waals surface area contributed by atoms with Crippen LogP contribution in [0.4, 0.5) is 13.6 Å². The third kappa shape index (κ3) is 5.04. The number of alkyl halides is 2. The molecule has 0 aromatic rings. The third-order valence-electron chi connectivity index (χ3n) is 3.62. The van der Waals surface area contributed by atoms with Crippen molar-refractivity contribution in [1.82, 2.24) is 4.90 Å². The molecule has 1 rings (SSSR count). The van der Waals surface area contributed by atoms with Crippen molar-refractivity contribution in [3.8, 4) is 0 Å². The molecule has 1 amide bonds. The number of nitrogens with zero attached hydrogens (tertiary/aromatic N) is 1. The molecule has 1 atom stereocenters. The Morgan fingerprint density at radius 1 is 1.19 bits per heavy atom. The fraction of sp³-hybridized carbons (Fsp3) is 0.875. The molecule has 1 fully saturated rings. The summed E-state index contributed by atoms with van der Waals surface area (Å²) < 4.78 is 62.0. The monoisotopic (exact) mass is 415 g/mol. The fourth-order valence-corrected chi connectivity index (χ4v) is 4.03. The molecular weight excluding hydrogens is 387 g/mol. The summed E-state index contributed by atoms with van der Waals surface area (Å²) in [7, 11) is -5.09. The van der Waals surface area contributed by atoms with E-state index in [1.54, 1.807) is 20.8 Å². The summed E-state index contributed by atoms with van der Waals surface area (Å²) in [6.45, 7) is 9.17. The Labute approximate surface area is 158 Å². The Bertz CT molecular complexity index is 608. The topological polar surface area (TPSA) is 91.4 Å². The maximum absolute atomic E-state index is 14.8. The van der Waals surface area contributed by atoms with E-state index in [4.69, 9.17) is 9.47 Å². The molecule has 0 aromatic heterocycles. The minimum absolute atomic E-state index is 0.345. The van der Waals surface area contributed by atoms with Crippen molar-refractivity contribution < 1.29 is 41.5 Å². The molecule has 0 aromatic carbocycles. The molecule has 0 N–H and O–H groups in total. The lowest BCUT2D eigenvalue weighted by atomic mass is 10.1. The van der Waals surface area contributed by atoms with Crippen LogP contribution in [0.15, 0.2) is 0 Å². The van der Waals surface area contributed by atoms with Gasteiger partial charge in [0.05, 0.1) is 19.8 Å². The number of halogens is 2. The summed E-state index contributed by atoms with van der Waals surface area (Å²) in [5, 5.41) is 0. The van der Waals surface area contributed by atoms with Crippen molar-refractivity contribution in [3.63, 3.8) is 0 Å². The van der Waals surface area contributed by atoms with E-state index < -0.39 is 49.1 Å². The van der Waals surface area contributed by atoms with E-state index in [2.05, 4.69) is 9.05 Å². The van der Waals surface area contributed by atoms with Crippen LogP contribution in [0, 0.1) is 0 Å². The van der Waals surface area contributed by atoms with Crippen molar-refractivity contribution in [2.75, 3.05) is 19.8 Å². The summed E-state index contributed by atoms with van der Waals surface area (Å²) in [5.74, 6) is -1.79. The van der Waals surface area contributed by atoms with Gasteiger partial charge in [0, 0.05) is 0 Å². The number of carbonyl (C=O) groups is 2. The van der Waals surface area contributed by atoms with Crippen molar-refractivity contribution in [1.29, 1.82) is 0 Å². The average Bonchev–Trinajstić information content (AvgIpc) is 2.80. The lowest BCUT2D eigenvalue weighted by molar-refractivity contribution is -0.141. The SMILES string of the molecule is CCOP(=O)(OCC)C(F)(F)C(=O)C1COC(C)(C)N1C(=O)OC(C)(C)C. The molecule has 0 radical (unpaired) electrons. The first-order valence-corrected chi connectivity index (χ1v) is 10.1. The molecule has 1 saturated heterocycles. The lowest BCUT2D eigenvalue weighted by Crippen LogP contribution is -2.55. The molecule has 0 aliphatic carbocycles. The number of hydrogen-bond acceptors (Lipinski definition) is 7. The van der Waals surface area contributed by atoms with Gasteiger partial charge in [-0.2, -0.15) is 8.78 Å². The predicted molar refractivity (Wildman–Crippen MR) is 92.7 cm³/mol. The van der Waals surface area contributed by atoms with Crippen molar-refractivity contribution in [3.05, 3.63) is 0 Å². The third-order valence-corrected chi connectivity index (χ3v) is 5.72. The second kappa shape index (κ2) is 8.11. The van der Waals surface area contributed by atoms with Crippen LogP contribution >= 0.6 is 7.60 Å². The second-order valence-electron chi connectivity index (χ2n) is 7.36. The van der Waals surface area contributed by atoms with Gasteiger partial charge in [-0.1, -0.05) is 0 Å². The first-order chi connectivity index (χ1) is 12.1. The molecule has 0 bridgehead atoms. The van der Waals surface area contributed by atoms with Gasteiger partial charge in [-0.25, -0.2) is 4.79 Å². The molecule has 11 heteroatoms. The zero-order valence-electron chi connectivity index (χ0n) is 16.7. The van der Waals surface area contributed by atoms with Gasteiger partial charge in [0.1, 0.15) is 17.4 Å². The smallest absolute Gasteiger partial charge is 0.413 e. The zero-order chi connectivity index (χ0) is 21.3. The van der Waals surface area contributed by atoms with Crippen molar-refractivity contribution in [2.24, 2.45) is 0 Å². The predicted octanol–water partition coefficient (Wildman–Crippen LogP) is 3.79. The van der Waals surface area contributed by atoms with Crippen molar-refractivity contribution >= 4 is 19.5 Å². The van der Waals surface area contributed by atoms with Crippen LogP contribution in [-0.4, -0.2) is 59.6 Å². The number of amides is 1. The van der Waals surface area contributed by atoms with E-state index in [-0.39, 0.29) is 13.2 Å². The summed E-state index contributed by atoms with van der Waals surface area (Å²) in [6, 6.07) is -1.71. The summed E-state index contributed by atoms with van der Waals surface area (Å²) in [4.78, 5) is 25.9. The van der Waals surface area contributed by atoms with Crippen LogP contribution < -0.4 is 0 Å². The molecular formula is C16H28F2NO7P. The van der Waals surface area contributed by atoms with Gasteiger partial charge in [-0.05, 0) is 48.5 Å². The first kappa shape index (κ1) is 23.9. The molecule has 0 spiro atoms. The van der Waals surface area contributed by atoms with E-state index in [0.717, 1.165) is 4.90 Å². The number of rotatable bonds is 7. The quantitative estimate of drug-likeness (QED) is 0.584. The fourth-order valence-electron chi connectivity index (χ4n) is 2.53. The Morgan fingerprint density at radius 3 is 2.07 bits per heavy atom. The van der Waals surface area contributed by atoms with Gasteiger partial charge >= 0.3 is 19.4 Å². The van der Waals surface area contributed by atoms with Crippen LogP contribution in [0.25, 0.3) is 0 Å². The molecule has 1 aliphatic rings. The van der Waals surface area contributed by atoms with Crippen LogP contribution in [0.2, 0.25) is 0 Å². The van der Waals surface area contributed by atoms with Gasteiger partial charge in [-0.3, -0.25) is 14.3 Å². The highest BCUT2D eigenvalue weighted by Crippen LogP contribution is 2.62. The van der Waals surface area contributed by atoms with E-state index in [0.29, 0.717) is 0 Å². The second-order valence-corrected chi connectivity index (χ2v) is 9.44. The van der Waals surface area contributed by atoms with Crippen LogP contribution in [0.1, 0.15) is 48.5 Å². The summed E-state index contributed by atoms with van der Waals surface area (Å²) in [5.41, 5.74) is -6.76. The number of Topliss-reactive ketones (excluding diaryl/α,β-unsaturated/α-hetero) is 1. The van der Waals surface area contributed by atoms with E-state index in [1.165, 1.54) is 27.7 Å². The molecule has 27 heavy (non-hydrogen) atoms. The Balaban J connectivity index is 3.25. The maximum Gasteiger partial charge on any atom is 0.413 e. The summed E-state index contributed by atoms with van der Waals surface area (Å²) >= 11 is 0. The number of carbonyl (C=O) groups excluding carboxylic acids is 2. The number of hydrogen-bond donors (Lipinski definition) is 0.